The van der Waals surface area contributed by atoms with Gasteiger partial charge in [0.2, 0.25) is 5.95 Å². The SMILES string of the molecule is Cc1c([N+](=O)[O-])cc(S(=O)(=O)Nc2cnc(N3CCCC3)nc2)cc1[N+](=O)[O-]. The topological polar surface area (TPSA) is 161 Å². The van der Waals surface area contributed by atoms with Crippen LogP contribution in [0.25, 0.3) is 0 Å². The maximum Gasteiger partial charge on any atom is 0.280 e. The molecular weight excluding hydrogens is 392 g/mol. The molecule has 3 rings (SSSR count). The molecule has 1 aromatic heterocycles. The fourth-order valence-corrected chi connectivity index (χ4v) is 3.93. The molecule has 1 fully saturated rings. The van der Waals surface area contributed by atoms with E-state index in [1.807, 2.05) is 4.90 Å². The Kier molecular flexibility index (Phi) is 5.09. The Bertz CT molecular complexity index is 998. The highest BCUT2D eigenvalue weighted by atomic mass is 32.2. The molecule has 12 nitrogen and oxygen atoms in total. The number of nitrogens with one attached hydrogen (secondary N) is 1. The lowest BCUT2D eigenvalue weighted by Crippen LogP contribution is -2.20. The van der Waals surface area contributed by atoms with E-state index in [1.165, 1.54) is 19.3 Å². The number of nitrogens with zero attached hydrogens (tertiary/aromatic N) is 5. The molecule has 0 saturated carbocycles. The van der Waals surface area contributed by atoms with Crippen molar-refractivity contribution in [2.24, 2.45) is 0 Å². The van der Waals surface area contributed by atoms with Gasteiger partial charge in [0.25, 0.3) is 21.4 Å². The van der Waals surface area contributed by atoms with Gasteiger partial charge in [-0.1, -0.05) is 0 Å². The first kappa shape index (κ1) is 19.4. The molecular formula is C15H16N6O6S. The molecule has 0 atom stereocenters. The highest BCUT2D eigenvalue weighted by molar-refractivity contribution is 7.92. The monoisotopic (exact) mass is 408 g/mol. The molecule has 1 N–H and O–H groups in total. The van der Waals surface area contributed by atoms with Crippen LogP contribution in [0.4, 0.5) is 23.0 Å². The van der Waals surface area contributed by atoms with Crippen molar-refractivity contribution in [1.82, 2.24) is 9.97 Å². The lowest BCUT2D eigenvalue weighted by atomic mass is 10.1. The van der Waals surface area contributed by atoms with Crippen molar-refractivity contribution >= 4 is 33.0 Å². The van der Waals surface area contributed by atoms with Crippen molar-refractivity contribution in [1.29, 1.82) is 0 Å². The lowest BCUT2D eigenvalue weighted by Gasteiger charge is -2.15. The van der Waals surface area contributed by atoms with Crippen molar-refractivity contribution in [2.45, 2.75) is 24.7 Å². The van der Waals surface area contributed by atoms with E-state index in [0.717, 1.165) is 38.1 Å². The Morgan fingerprint density at radius 1 is 1.04 bits per heavy atom. The molecule has 0 spiro atoms. The first-order chi connectivity index (χ1) is 13.2. The number of aromatic nitrogens is 2. The van der Waals surface area contributed by atoms with Crippen molar-refractivity contribution in [3.05, 3.63) is 50.3 Å². The summed E-state index contributed by atoms with van der Waals surface area (Å²) in [6.07, 6.45) is 4.61. The maximum absolute atomic E-state index is 12.6. The first-order valence-electron chi connectivity index (χ1n) is 8.22. The summed E-state index contributed by atoms with van der Waals surface area (Å²) in [5.41, 5.74) is -1.51. The number of sulfonamides is 1. The third-order valence-electron chi connectivity index (χ3n) is 4.31. The van der Waals surface area contributed by atoms with Gasteiger partial charge in [0.05, 0.1) is 27.9 Å². The fourth-order valence-electron chi connectivity index (χ4n) is 2.86. The minimum atomic E-state index is -4.33. The third kappa shape index (κ3) is 3.83. The number of nitro groups is 2. The van der Waals surface area contributed by atoms with E-state index in [1.54, 1.807) is 0 Å². The second-order valence-electron chi connectivity index (χ2n) is 6.17. The Morgan fingerprint density at radius 3 is 2.00 bits per heavy atom. The molecule has 1 aliphatic rings. The molecule has 1 saturated heterocycles. The summed E-state index contributed by atoms with van der Waals surface area (Å²) in [6.45, 7) is 2.83. The average molecular weight is 408 g/mol. The van der Waals surface area contributed by atoms with Gasteiger partial charge >= 0.3 is 0 Å². The Labute approximate surface area is 159 Å². The molecule has 28 heavy (non-hydrogen) atoms. The zero-order valence-corrected chi connectivity index (χ0v) is 15.5. The minimum Gasteiger partial charge on any atom is -0.341 e. The molecule has 0 bridgehead atoms. The van der Waals surface area contributed by atoms with Crippen LogP contribution in [0, 0.1) is 27.2 Å². The predicted molar refractivity (Wildman–Crippen MR) is 98.8 cm³/mol. The molecule has 0 aliphatic carbocycles. The van der Waals surface area contributed by atoms with Gasteiger partial charge in [-0.25, -0.2) is 18.4 Å². The normalized spacial score (nSPS) is 14.1. The van der Waals surface area contributed by atoms with Crippen LogP contribution in [0.2, 0.25) is 0 Å². The van der Waals surface area contributed by atoms with Crippen LogP contribution < -0.4 is 9.62 Å². The van der Waals surface area contributed by atoms with Gasteiger partial charge in [-0.15, -0.1) is 0 Å². The summed E-state index contributed by atoms with van der Waals surface area (Å²) in [6, 6.07) is 1.56. The largest absolute Gasteiger partial charge is 0.341 e. The Hall–Kier alpha value is -3.35. The molecule has 2 heterocycles. The molecule has 1 aliphatic heterocycles. The summed E-state index contributed by atoms with van der Waals surface area (Å²) in [5, 5.41) is 22.3. The van der Waals surface area contributed by atoms with E-state index in [-0.39, 0.29) is 11.3 Å². The quantitative estimate of drug-likeness (QED) is 0.556. The van der Waals surface area contributed by atoms with E-state index < -0.39 is 36.1 Å². The smallest absolute Gasteiger partial charge is 0.280 e. The molecule has 2 aromatic rings. The van der Waals surface area contributed by atoms with Crippen molar-refractivity contribution in [3.63, 3.8) is 0 Å². The predicted octanol–water partition coefficient (Wildman–Crippen LogP) is 2.00. The van der Waals surface area contributed by atoms with E-state index in [0.29, 0.717) is 5.95 Å². The number of anilines is 2. The number of nitro benzene ring substituents is 2. The Balaban J connectivity index is 1.92. The number of hydrogen-bond acceptors (Lipinski definition) is 9. The zero-order valence-electron chi connectivity index (χ0n) is 14.7. The van der Waals surface area contributed by atoms with Crippen LogP contribution >= 0.6 is 0 Å². The molecule has 0 radical (unpaired) electrons. The van der Waals surface area contributed by atoms with Gasteiger partial charge < -0.3 is 4.90 Å². The van der Waals surface area contributed by atoms with Gasteiger partial charge in [-0.05, 0) is 19.8 Å². The number of hydrogen-bond donors (Lipinski definition) is 1. The second kappa shape index (κ2) is 7.34. The second-order valence-corrected chi connectivity index (χ2v) is 7.85. The standard InChI is InChI=1S/C15H16N6O6S/c1-10-13(20(22)23)6-12(7-14(10)21(24)25)28(26,27)18-11-8-16-15(17-9-11)19-4-2-3-5-19/h6-9,18H,2-5H2,1H3. The fraction of sp³-hybridized carbons (Fsp3) is 0.333. The molecule has 0 unspecified atom stereocenters. The van der Waals surface area contributed by atoms with Crippen molar-refractivity contribution in [2.75, 3.05) is 22.7 Å². The van der Waals surface area contributed by atoms with E-state index in [2.05, 4.69) is 14.7 Å². The van der Waals surface area contributed by atoms with E-state index in [4.69, 9.17) is 0 Å². The zero-order chi connectivity index (χ0) is 20.5. The van der Waals surface area contributed by atoms with Crippen molar-refractivity contribution in [3.8, 4) is 0 Å². The number of benzene rings is 1. The van der Waals surface area contributed by atoms with E-state index >= 15 is 0 Å². The summed E-state index contributed by atoms with van der Waals surface area (Å²) in [5.74, 6) is 0.474. The van der Waals surface area contributed by atoms with Gasteiger partial charge in [-0.3, -0.25) is 25.0 Å². The summed E-state index contributed by atoms with van der Waals surface area (Å²) in [7, 11) is -4.33. The van der Waals surface area contributed by atoms with E-state index in [9.17, 15) is 28.6 Å². The molecule has 148 valence electrons. The van der Waals surface area contributed by atoms with Crippen molar-refractivity contribution < 1.29 is 18.3 Å². The highest BCUT2D eigenvalue weighted by Crippen LogP contribution is 2.32. The molecule has 13 heteroatoms. The summed E-state index contributed by atoms with van der Waals surface area (Å²) in [4.78, 5) is 30.1. The lowest BCUT2D eigenvalue weighted by molar-refractivity contribution is -0.395. The average Bonchev–Trinajstić information content (AvgIpc) is 3.16. The highest BCUT2D eigenvalue weighted by Gasteiger charge is 2.28. The third-order valence-corrected chi connectivity index (χ3v) is 5.67. The van der Waals surface area contributed by atoms with Crippen LogP contribution in [0.1, 0.15) is 18.4 Å². The van der Waals surface area contributed by atoms with Gasteiger partial charge in [0, 0.05) is 25.2 Å². The van der Waals surface area contributed by atoms with Crippen LogP contribution in [0.3, 0.4) is 0 Å². The summed E-state index contributed by atoms with van der Waals surface area (Å²) < 4.78 is 27.4. The molecule has 0 amide bonds. The Morgan fingerprint density at radius 2 is 1.54 bits per heavy atom. The maximum atomic E-state index is 12.6. The minimum absolute atomic E-state index is 0.0360. The van der Waals surface area contributed by atoms with Gasteiger partial charge in [0.1, 0.15) is 10.5 Å². The van der Waals surface area contributed by atoms with Crippen LogP contribution in [-0.4, -0.2) is 41.3 Å². The molecule has 1 aromatic carbocycles. The van der Waals surface area contributed by atoms with Crippen LogP contribution in [0.15, 0.2) is 29.4 Å². The number of rotatable bonds is 6. The first-order valence-corrected chi connectivity index (χ1v) is 9.70. The van der Waals surface area contributed by atoms with Gasteiger partial charge in [0.15, 0.2) is 0 Å². The van der Waals surface area contributed by atoms with Gasteiger partial charge in [-0.2, -0.15) is 0 Å². The summed E-state index contributed by atoms with van der Waals surface area (Å²) >= 11 is 0. The van der Waals surface area contributed by atoms with Crippen LogP contribution in [0.5, 0.6) is 0 Å². The van der Waals surface area contributed by atoms with Crippen LogP contribution in [-0.2, 0) is 10.0 Å².